The quantitative estimate of drug-likeness (QED) is 0.604. The summed E-state index contributed by atoms with van der Waals surface area (Å²) in [7, 11) is -2.42. The molecule has 2 aromatic rings. The lowest BCUT2D eigenvalue weighted by molar-refractivity contribution is 0.390. The Kier molecular flexibility index (Phi) is 4.88. The third-order valence-electron chi connectivity index (χ3n) is 3.12. The molecular formula is C17H18O4S. The van der Waals surface area contributed by atoms with Crippen molar-refractivity contribution in [3.05, 3.63) is 66.2 Å². The Morgan fingerprint density at radius 1 is 1.09 bits per heavy atom. The molecule has 0 unspecified atom stereocenters. The van der Waals surface area contributed by atoms with Crippen LogP contribution in [0.2, 0.25) is 0 Å². The fraction of sp³-hybridized carbons (Fsp3) is 0.176. The van der Waals surface area contributed by atoms with Crippen molar-refractivity contribution in [2.75, 3.05) is 7.11 Å². The molecule has 0 aliphatic heterocycles. The molecule has 0 spiro atoms. The number of benzene rings is 2. The van der Waals surface area contributed by atoms with E-state index in [2.05, 4.69) is 6.58 Å². The zero-order chi connectivity index (χ0) is 16.2. The van der Waals surface area contributed by atoms with Crippen LogP contribution >= 0.6 is 0 Å². The number of hydrogen-bond acceptors (Lipinski definition) is 4. The molecule has 0 fully saturated rings. The van der Waals surface area contributed by atoms with Crippen molar-refractivity contribution in [1.29, 1.82) is 0 Å². The maximum atomic E-state index is 12.3. The van der Waals surface area contributed by atoms with E-state index < -0.39 is 10.1 Å². The van der Waals surface area contributed by atoms with E-state index in [1.165, 1.54) is 19.2 Å². The zero-order valence-corrected chi connectivity index (χ0v) is 13.4. The third-order valence-corrected chi connectivity index (χ3v) is 4.37. The standard InChI is InChI=1S/C17H18O4S/c1-4-5-14-8-11-16(17(12-14)20-3)21-22(18,19)15-9-6-13(2)7-10-15/h4,6-12H,1,5H2,2-3H3. The van der Waals surface area contributed by atoms with Gasteiger partial charge < -0.3 is 8.92 Å². The highest BCUT2D eigenvalue weighted by atomic mass is 32.2. The maximum Gasteiger partial charge on any atom is 0.339 e. The van der Waals surface area contributed by atoms with E-state index in [4.69, 9.17) is 8.92 Å². The normalized spacial score (nSPS) is 11.0. The van der Waals surface area contributed by atoms with Crippen LogP contribution in [0.1, 0.15) is 11.1 Å². The van der Waals surface area contributed by atoms with Crippen molar-refractivity contribution in [1.82, 2.24) is 0 Å². The maximum absolute atomic E-state index is 12.3. The molecule has 2 rings (SSSR count). The highest BCUT2D eigenvalue weighted by molar-refractivity contribution is 7.87. The number of allylic oxidation sites excluding steroid dienone is 1. The average Bonchev–Trinajstić information content (AvgIpc) is 2.49. The smallest absolute Gasteiger partial charge is 0.339 e. The van der Waals surface area contributed by atoms with Gasteiger partial charge in [-0.3, -0.25) is 0 Å². The molecule has 4 nitrogen and oxygen atoms in total. The van der Waals surface area contributed by atoms with Gasteiger partial charge in [0, 0.05) is 0 Å². The summed E-state index contributed by atoms with van der Waals surface area (Å²) in [5, 5.41) is 0. The molecule has 116 valence electrons. The van der Waals surface area contributed by atoms with Gasteiger partial charge in [-0.1, -0.05) is 29.8 Å². The largest absolute Gasteiger partial charge is 0.493 e. The second kappa shape index (κ2) is 6.66. The topological polar surface area (TPSA) is 52.6 Å². The Morgan fingerprint density at radius 3 is 2.36 bits per heavy atom. The van der Waals surface area contributed by atoms with Gasteiger partial charge in [0.05, 0.1) is 7.11 Å². The van der Waals surface area contributed by atoms with E-state index >= 15 is 0 Å². The van der Waals surface area contributed by atoms with Crippen molar-refractivity contribution in [3.8, 4) is 11.5 Å². The van der Waals surface area contributed by atoms with Gasteiger partial charge in [0.25, 0.3) is 0 Å². The van der Waals surface area contributed by atoms with Gasteiger partial charge in [0.1, 0.15) is 4.90 Å². The van der Waals surface area contributed by atoms with Crippen LogP contribution in [0.4, 0.5) is 0 Å². The summed E-state index contributed by atoms with van der Waals surface area (Å²) in [4.78, 5) is 0.107. The third kappa shape index (κ3) is 3.68. The fourth-order valence-corrected chi connectivity index (χ4v) is 2.89. The van der Waals surface area contributed by atoms with E-state index in [0.29, 0.717) is 12.2 Å². The molecule has 0 atom stereocenters. The van der Waals surface area contributed by atoms with E-state index in [0.717, 1.165) is 11.1 Å². The summed E-state index contributed by atoms with van der Waals surface area (Å²) in [5.41, 5.74) is 1.94. The number of hydrogen-bond donors (Lipinski definition) is 0. The second-order valence-corrected chi connectivity index (χ2v) is 6.37. The number of rotatable bonds is 6. The highest BCUT2D eigenvalue weighted by Crippen LogP contribution is 2.31. The first-order valence-corrected chi connectivity index (χ1v) is 8.16. The van der Waals surface area contributed by atoms with Crippen molar-refractivity contribution >= 4 is 10.1 Å². The van der Waals surface area contributed by atoms with E-state index in [1.54, 1.807) is 36.4 Å². The first kappa shape index (κ1) is 16.1. The van der Waals surface area contributed by atoms with Gasteiger partial charge in [-0.05, 0) is 43.2 Å². The minimum Gasteiger partial charge on any atom is -0.493 e. The minimum absolute atomic E-state index is 0.107. The molecule has 0 saturated carbocycles. The molecule has 0 aromatic heterocycles. The van der Waals surface area contributed by atoms with Crippen LogP contribution in [-0.2, 0) is 16.5 Å². The summed E-state index contributed by atoms with van der Waals surface area (Å²) >= 11 is 0. The first-order chi connectivity index (χ1) is 10.5. The highest BCUT2D eigenvalue weighted by Gasteiger charge is 2.19. The summed E-state index contributed by atoms with van der Waals surface area (Å²) in [5.74, 6) is 0.533. The van der Waals surface area contributed by atoms with Crippen LogP contribution in [0.15, 0.2) is 60.0 Å². The van der Waals surface area contributed by atoms with Gasteiger partial charge in [-0.25, -0.2) is 0 Å². The molecule has 5 heteroatoms. The summed E-state index contributed by atoms with van der Waals surface area (Å²) in [6, 6.07) is 11.6. The van der Waals surface area contributed by atoms with E-state index in [1.807, 2.05) is 6.92 Å². The summed E-state index contributed by atoms with van der Waals surface area (Å²) < 4.78 is 35.0. The molecule has 0 heterocycles. The van der Waals surface area contributed by atoms with Crippen LogP contribution < -0.4 is 8.92 Å². The molecule has 0 radical (unpaired) electrons. The van der Waals surface area contributed by atoms with Gasteiger partial charge in [0.15, 0.2) is 11.5 Å². The molecule has 0 amide bonds. The number of ether oxygens (including phenoxy) is 1. The van der Waals surface area contributed by atoms with Gasteiger partial charge in [-0.15, -0.1) is 6.58 Å². The second-order valence-electron chi connectivity index (χ2n) is 4.83. The Labute approximate surface area is 131 Å². The molecule has 0 aliphatic carbocycles. The molecule has 2 aromatic carbocycles. The van der Waals surface area contributed by atoms with Crippen LogP contribution in [0.3, 0.4) is 0 Å². The molecular weight excluding hydrogens is 300 g/mol. The van der Waals surface area contributed by atoms with E-state index in [9.17, 15) is 8.42 Å². The van der Waals surface area contributed by atoms with Crippen molar-refractivity contribution < 1.29 is 17.3 Å². The monoisotopic (exact) mass is 318 g/mol. The SMILES string of the molecule is C=CCc1ccc(OS(=O)(=O)c2ccc(C)cc2)c(OC)c1. The van der Waals surface area contributed by atoms with Crippen LogP contribution in [0, 0.1) is 6.92 Å². The lowest BCUT2D eigenvalue weighted by Gasteiger charge is -2.12. The van der Waals surface area contributed by atoms with Crippen LogP contribution in [-0.4, -0.2) is 15.5 Å². The number of aryl methyl sites for hydroxylation is 1. The van der Waals surface area contributed by atoms with Crippen molar-refractivity contribution in [2.24, 2.45) is 0 Å². The summed E-state index contributed by atoms with van der Waals surface area (Å²) in [6.45, 7) is 5.56. The summed E-state index contributed by atoms with van der Waals surface area (Å²) in [6.07, 6.45) is 2.43. The van der Waals surface area contributed by atoms with Gasteiger partial charge in [-0.2, -0.15) is 8.42 Å². The molecule has 0 saturated heterocycles. The Balaban J connectivity index is 2.32. The lowest BCUT2D eigenvalue weighted by atomic mass is 10.1. The molecule has 22 heavy (non-hydrogen) atoms. The lowest BCUT2D eigenvalue weighted by Crippen LogP contribution is -2.10. The Hall–Kier alpha value is -2.27. The van der Waals surface area contributed by atoms with Crippen LogP contribution in [0.5, 0.6) is 11.5 Å². The zero-order valence-electron chi connectivity index (χ0n) is 12.6. The Bertz CT molecular complexity index is 762. The van der Waals surface area contributed by atoms with Gasteiger partial charge in [0.2, 0.25) is 0 Å². The molecule has 0 bridgehead atoms. The fourth-order valence-electron chi connectivity index (χ4n) is 1.95. The van der Waals surface area contributed by atoms with Crippen LogP contribution in [0.25, 0.3) is 0 Å². The minimum atomic E-state index is -3.89. The average molecular weight is 318 g/mol. The molecule has 0 aliphatic rings. The first-order valence-electron chi connectivity index (χ1n) is 6.75. The Morgan fingerprint density at radius 2 is 1.77 bits per heavy atom. The predicted molar refractivity (Wildman–Crippen MR) is 85.9 cm³/mol. The van der Waals surface area contributed by atoms with E-state index in [-0.39, 0.29) is 10.6 Å². The predicted octanol–water partition coefficient (Wildman–Crippen LogP) is 3.50. The number of methoxy groups -OCH3 is 1. The van der Waals surface area contributed by atoms with Crippen molar-refractivity contribution in [3.63, 3.8) is 0 Å². The van der Waals surface area contributed by atoms with Gasteiger partial charge >= 0.3 is 10.1 Å². The molecule has 0 N–H and O–H groups in total. The van der Waals surface area contributed by atoms with Crippen molar-refractivity contribution in [2.45, 2.75) is 18.2 Å².